The molecule has 134 valence electrons. The van der Waals surface area contributed by atoms with Crippen LogP contribution in [0.1, 0.15) is 11.1 Å². The summed E-state index contributed by atoms with van der Waals surface area (Å²) in [5.41, 5.74) is 3.67. The number of methoxy groups -OCH3 is 1. The first-order chi connectivity index (χ1) is 12.6. The fourth-order valence-corrected chi connectivity index (χ4v) is 3.42. The molecule has 2 N–H and O–H groups in total. The molecule has 5 nitrogen and oxygen atoms in total. The Hall–Kier alpha value is -2.60. The molecule has 1 heterocycles. The number of para-hydroxylation sites is 1. The van der Waals surface area contributed by atoms with Gasteiger partial charge in [-0.3, -0.25) is 4.98 Å². The topological polar surface area (TPSA) is 63.2 Å². The van der Waals surface area contributed by atoms with Crippen LogP contribution in [0.5, 0.6) is 5.75 Å². The second-order valence-electron chi connectivity index (χ2n) is 5.92. The Morgan fingerprint density at radius 1 is 1.23 bits per heavy atom. The van der Waals surface area contributed by atoms with Crippen molar-refractivity contribution in [1.29, 1.82) is 0 Å². The second-order valence-corrected chi connectivity index (χ2v) is 6.84. The lowest BCUT2D eigenvalue weighted by Gasteiger charge is -2.14. The zero-order chi connectivity index (χ0) is 18.5. The summed E-state index contributed by atoms with van der Waals surface area (Å²) in [6.45, 7) is 2.43. The van der Waals surface area contributed by atoms with Gasteiger partial charge in [0.1, 0.15) is 5.75 Å². The van der Waals surface area contributed by atoms with E-state index < -0.39 is 0 Å². The van der Waals surface area contributed by atoms with Crippen LogP contribution < -0.4 is 15.4 Å². The summed E-state index contributed by atoms with van der Waals surface area (Å²) in [6.07, 6.45) is 2.49. The summed E-state index contributed by atoms with van der Waals surface area (Å²) >= 11 is 3.43. The zero-order valence-corrected chi connectivity index (χ0v) is 16.3. The van der Waals surface area contributed by atoms with Crippen molar-refractivity contribution in [3.63, 3.8) is 0 Å². The van der Waals surface area contributed by atoms with Crippen LogP contribution in [0.2, 0.25) is 0 Å². The number of carbonyl (C=O) groups excluding carboxylic acids is 1. The number of aromatic nitrogens is 1. The molecule has 2 amide bonds. The summed E-state index contributed by atoms with van der Waals surface area (Å²) in [5.74, 6) is 0.616. The lowest BCUT2D eigenvalue weighted by molar-refractivity contribution is 0.252. The molecule has 0 saturated carbocycles. The van der Waals surface area contributed by atoms with Crippen LogP contribution in [0.15, 0.2) is 53.1 Å². The van der Waals surface area contributed by atoms with Crippen molar-refractivity contribution in [1.82, 2.24) is 10.3 Å². The number of benzene rings is 2. The van der Waals surface area contributed by atoms with Gasteiger partial charge in [-0.15, -0.1) is 0 Å². The van der Waals surface area contributed by atoms with E-state index in [1.165, 1.54) is 0 Å². The number of ether oxygens (including phenoxy) is 1. The fraction of sp³-hybridized carbons (Fsp3) is 0.200. The fourth-order valence-electron chi connectivity index (χ4n) is 2.87. The van der Waals surface area contributed by atoms with Gasteiger partial charge in [0.15, 0.2) is 0 Å². The highest BCUT2D eigenvalue weighted by molar-refractivity contribution is 9.10. The SMILES string of the molecule is COc1cc(Br)cc(C)c1NC(=O)NCCc1cccc2cccnc12. The molecule has 1 aromatic heterocycles. The Labute approximate surface area is 160 Å². The number of aryl methyl sites for hydroxylation is 1. The summed E-state index contributed by atoms with van der Waals surface area (Å²) in [6, 6.07) is 13.5. The minimum Gasteiger partial charge on any atom is -0.495 e. The van der Waals surface area contributed by atoms with Gasteiger partial charge in [0, 0.05) is 22.6 Å². The number of hydrogen-bond acceptors (Lipinski definition) is 3. The third kappa shape index (κ3) is 4.14. The lowest BCUT2D eigenvalue weighted by atomic mass is 10.1. The third-order valence-corrected chi connectivity index (χ3v) is 4.58. The molecule has 3 rings (SSSR count). The van der Waals surface area contributed by atoms with Crippen LogP contribution in [0.25, 0.3) is 10.9 Å². The van der Waals surface area contributed by atoms with Crippen LogP contribution in [-0.2, 0) is 6.42 Å². The van der Waals surface area contributed by atoms with Crippen LogP contribution in [0.4, 0.5) is 10.5 Å². The van der Waals surface area contributed by atoms with E-state index in [0.29, 0.717) is 24.4 Å². The number of anilines is 1. The quantitative estimate of drug-likeness (QED) is 0.638. The first kappa shape index (κ1) is 18.2. The van der Waals surface area contributed by atoms with Gasteiger partial charge in [-0.25, -0.2) is 4.79 Å². The lowest BCUT2D eigenvalue weighted by Crippen LogP contribution is -2.31. The van der Waals surface area contributed by atoms with E-state index in [1.54, 1.807) is 13.3 Å². The summed E-state index contributed by atoms with van der Waals surface area (Å²) in [7, 11) is 1.58. The molecule has 0 bridgehead atoms. The number of nitrogens with zero attached hydrogens (tertiary/aromatic N) is 1. The molecule has 0 unspecified atom stereocenters. The molecule has 0 spiro atoms. The van der Waals surface area contributed by atoms with Gasteiger partial charge in [-0.1, -0.05) is 40.2 Å². The maximum atomic E-state index is 12.3. The molecular formula is C20H20BrN3O2. The van der Waals surface area contributed by atoms with Gasteiger partial charge < -0.3 is 15.4 Å². The zero-order valence-electron chi connectivity index (χ0n) is 14.7. The van der Waals surface area contributed by atoms with E-state index in [4.69, 9.17) is 4.74 Å². The number of pyridine rings is 1. The molecule has 0 radical (unpaired) electrons. The van der Waals surface area contributed by atoms with Crippen LogP contribution >= 0.6 is 15.9 Å². The smallest absolute Gasteiger partial charge is 0.319 e. The maximum absolute atomic E-state index is 12.3. The number of amides is 2. The van der Waals surface area contributed by atoms with Gasteiger partial charge >= 0.3 is 6.03 Å². The highest BCUT2D eigenvalue weighted by Crippen LogP contribution is 2.31. The van der Waals surface area contributed by atoms with Crippen molar-refractivity contribution in [3.8, 4) is 5.75 Å². The molecule has 0 aliphatic carbocycles. The Morgan fingerprint density at radius 3 is 2.85 bits per heavy atom. The second kappa shape index (κ2) is 8.19. The number of fused-ring (bicyclic) bond motifs is 1. The van der Waals surface area contributed by atoms with Crippen LogP contribution in [0, 0.1) is 6.92 Å². The van der Waals surface area contributed by atoms with Gasteiger partial charge in [-0.2, -0.15) is 0 Å². The molecule has 0 aliphatic rings. The van der Waals surface area contributed by atoms with Crippen molar-refractivity contribution >= 4 is 38.6 Å². The third-order valence-electron chi connectivity index (χ3n) is 4.12. The number of urea groups is 1. The minimum absolute atomic E-state index is 0.262. The predicted molar refractivity (Wildman–Crippen MR) is 108 cm³/mol. The van der Waals surface area contributed by atoms with Gasteiger partial charge in [0.05, 0.1) is 18.3 Å². The van der Waals surface area contributed by atoms with Crippen molar-refractivity contribution in [2.45, 2.75) is 13.3 Å². The Morgan fingerprint density at radius 2 is 2.04 bits per heavy atom. The summed E-state index contributed by atoms with van der Waals surface area (Å²) in [5, 5.41) is 6.86. The Kier molecular flexibility index (Phi) is 5.73. The number of hydrogen-bond donors (Lipinski definition) is 2. The van der Waals surface area contributed by atoms with E-state index in [2.05, 4.69) is 31.5 Å². The Balaban J connectivity index is 1.63. The summed E-state index contributed by atoms with van der Waals surface area (Å²) in [4.78, 5) is 16.7. The molecule has 0 fully saturated rings. The van der Waals surface area contributed by atoms with Crippen LogP contribution in [0.3, 0.4) is 0 Å². The van der Waals surface area contributed by atoms with E-state index in [9.17, 15) is 4.79 Å². The molecule has 0 atom stereocenters. The van der Waals surface area contributed by atoms with Gasteiger partial charge in [0.2, 0.25) is 0 Å². The van der Waals surface area contributed by atoms with Gasteiger partial charge in [0.25, 0.3) is 0 Å². The van der Waals surface area contributed by atoms with E-state index in [-0.39, 0.29) is 6.03 Å². The first-order valence-electron chi connectivity index (χ1n) is 8.30. The monoisotopic (exact) mass is 413 g/mol. The normalized spacial score (nSPS) is 10.6. The first-order valence-corrected chi connectivity index (χ1v) is 9.09. The standard InChI is InChI=1S/C20H20BrN3O2/c1-13-11-16(21)12-17(26-2)18(13)24-20(25)23-10-8-15-6-3-5-14-7-4-9-22-19(14)15/h3-7,9,11-12H,8,10H2,1-2H3,(H2,23,24,25). The Bertz CT molecular complexity index is 938. The molecule has 6 heteroatoms. The van der Waals surface area contributed by atoms with Crippen molar-refractivity contribution in [2.24, 2.45) is 0 Å². The minimum atomic E-state index is -0.262. The number of rotatable bonds is 5. The molecule has 2 aromatic carbocycles. The van der Waals surface area contributed by atoms with Crippen LogP contribution in [-0.4, -0.2) is 24.7 Å². The van der Waals surface area contributed by atoms with Crippen molar-refractivity contribution < 1.29 is 9.53 Å². The average Bonchev–Trinajstić information content (AvgIpc) is 2.64. The molecular weight excluding hydrogens is 394 g/mol. The predicted octanol–water partition coefficient (Wildman–Crippen LogP) is 4.68. The van der Waals surface area contributed by atoms with E-state index in [0.717, 1.165) is 26.5 Å². The van der Waals surface area contributed by atoms with Crippen molar-refractivity contribution in [3.05, 3.63) is 64.3 Å². The van der Waals surface area contributed by atoms with Crippen molar-refractivity contribution in [2.75, 3.05) is 19.0 Å². The molecule has 3 aromatic rings. The highest BCUT2D eigenvalue weighted by Gasteiger charge is 2.11. The maximum Gasteiger partial charge on any atom is 0.319 e. The highest BCUT2D eigenvalue weighted by atomic mass is 79.9. The largest absolute Gasteiger partial charge is 0.495 e. The average molecular weight is 414 g/mol. The van der Waals surface area contributed by atoms with Gasteiger partial charge in [-0.05, 0) is 42.7 Å². The summed E-state index contributed by atoms with van der Waals surface area (Å²) < 4.78 is 6.25. The number of nitrogens with one attached hydrogen (secondary N) is 2. The number of halogens is 1. The molecule has 0 aliphatic heterocycles. The van der Waals surface area contributed by atoms with E-state index in [1.807, 2.05) is 49.4 Å². The number of carbonyl (C=O) groups is 1. The molecule has 26 heavy (non-hydrogen) atoms. The van der Waals surface area contributed by atoms with E-state index >= 15 is 0 Å². The molecule has 0 saturated heterocycles.